The Hall–Kier alpha value is -1.39. The van der Waals surface area contributed by atoms with Crippen molar-refractivity contribution in [2.45, 2.75) is 45.3 Å². The van der Waals surface area contributed by atoms with Crippen LogP contribution in [-0.2, 0) is 6.54 Å². The number of rotatable bonds is 3. The molecule has 1 aliphatic rings. The van der Waals surface area contributed by atoms with Crippen LogP contribution >= 0.6 is 0 Å². The molecule has 19 heavy (non-hydrogen) atoms. The van der Waals surface area contributed by atoms with E-state index in [1.54, 1.807) is 0 Å². The summed E-state index contributed by atoms with van der Waals surface area (Å²) in [6.07, 6.45) is 2.11. The van der Waals surface area contributed by atoms with E-state index >= 15 is 0 Å². The topological polar surface area (TPSA) is 72.4 Å². The molecule has 1 fully saturated rings. The molecule has 0 aromatic heterocycles. The van der Waals surface area contributed by atoms with Gasteiger partial charge in [-0.25, -0.2) is 0 Å². The molecule has 1 saturated heterocycles. The van der Waals surface area contributed by atoms with E-state index < -0.39 is 0 Å². The number of nitrogens with zero attached hydrogens (tertiary/aromatic N) is 1. The van der Waals surface area contributed by atoms with Crippen molar-refractivity contribution in [2.24, 2.45) is 11.5 Å². The first kappa shape index (κ1) is 14.0. The second kappa shape index (κ2) is 5.72. The second-order valence-corrected chi connectivity index (χ2v) is 5.61. The summed E-state index contributed by atoms with van der Waals surface area (Å²) in [5.74, 6) is -0.369. The Bertz CT molecular complexity index is 472. The summed E-state index contributed by atoms with van der Waals surface area (Å²) in [4.78, 5) is 13.6. The Morgan fingerprint density at radius 1 is 1.47 bits per heavy atom. The van der Waals surface area contributed by atoms with Crippen LogP contribution in [-0.4, -0.2) is 29.4 Å². The zero-order valence-electron chi connectivity index (χ0n) is 11.7. The van der Waals surface area contributed by atoms with Gasteiger partial charge in [0, 0.05) is 30.7 Å². The highest BCUT2D eigenvalue weighted by Gasteiger charge is 2.23. The van der Waals surface area contributed by atoms with Gasteiger partial charge in [-0.3, -0.25) is 9.69 Å². The highest BCUT2D eigenvalue weighted by Crippen LogP contribution is 2.20. The van der Waals surface area contributed by atoms with Crippen molar-refractivity contribution in [1.82, 2.24) is 4.90 Å². The molecule has 4 heteroatoms. The van der Waals surface area contributed by atoms with Crippen molar-refractivity contribution in [1.29, 1.82) is 0 Å². The minimum atomic E-state index is -0.369. The summed E-state index contributed by atoms with van der Waals surface area (Å²) < 4.78 is 0. The molecule has 1 aromatic rings. The van der Waals surface area contributed by atoms with Gasteiger partial charge in [0.2, 0.25) is 5.91 Å². The lowest BCUT2D eigenvalue weighted by atomic mass is 9.97. The molecule has 1 heterocycles. The molecule has 0 aliphatic carbocycles. The number of piperidine rings is 1. The van der Waals surface area contributed by atoms with Crippen LogP contribution in [0.15, 0.2) is 18.2 Å². The first-order valence-electron chi connectivity index (χ1n) is 6.86. The van der Waals surface area contributed by atoms with Crippen molar-refractivity contribution >= 4 is 5.91 Å². The molecule has 1 amide bonds. The largest absolute Gasteiger partial charge is 0.366 e. The zero-order chi connectivity index (χ0) is 14.0. The number of hydrogen-bond acceptors (Lipinski definition) is 3. The van der Waals surface area contributed by atoms with Crippen LogP contribution in [0.3, 0.4) is 0 Å². The van der Waals surface area contributed by atoms with Crippen molar-refractivity contribution in [2.75, 3.05) is 6.54 Å². The second-order valence-electron chi connectivity index (χ2n) is 5.61. The number of carbonyl (C=O) groups is 1. The molecule has 4 nitrogen and oxygen atoms in total. The zero-order valence-corrected chi connectivity index (χ0v) is 11.7. The lowest BCUT2D eigenvalue weighted by molar-refractivity contribution is 0.1000. The summed E-state index contributed by atoms with van der Waals surface area (Å²) in [7, 11) is 0. The maximum atomic E-state index is 11.1. The van der Waals surface area contributed by atoms with Crippen LogP contribution in [0.25, 0.3) is 0 Å². The van der Waals surface area contributed by atoms with E-state index in [9.17, 15) is 4.79 Å². The molecular formula is C15H23N3O. The van der Waals surface area contributed by atoms with Gasteiger partial charge in [0.15, 0.2) is 0 Å². The first-order valence-corrected chi connectivity index (χ1v) is 6.86. The van der Waals surface area contributed by atoms with E-state index in [0.717, 1.165) is 31.5 Å². The van der Waals surface area contributed by atoms with Crippen LogP contribution < -0.4 is 11.5 Å². The minimum absolute atomic E-state index is 0.338. The fourth-order valence-corrected chi connectivity index (χ4v) is 2.74. The quantitative estimate of drug-likeness (QED) is 0.864. The molecule has 1 aromatic carbocycles. The third-order valence-electron chi connectivity index (χ3n) is 4.05. The van der Waals surface area contributed by atoms with Crippen molar-refractivity contribution in [3.05, 3.63) is 34.9 Å². The summed E-state index contributed by atoms with van der Waals surface area (Å²) in [6.45, 7) is 6.21. The summed E-state index contributed by atoms with van der Waals surface area (Å²) in [5, 5.41) is 0. The fraction of sp³-hybridized carbons (Fsp3) is 0.533. The molecule has 0 bridgehead atoms. The summed E-state index contributed by atoms with van der Waals surface area (Å²) in [6, 6.07) is 6.54. The predicted octanol–water partition coefficient (Wildman–Crippen LogP) is 1.41. The van der Waals surface area contributed by atoms with E-state index in [0.29, 0.717) is 17.6 Å². The lowest BCUT2D eigenvalue weighted by Crippen LogP contribution is -2.45. The summed E-state index contributed by atoms with van der Waals surface area (Å²) in [5.41, 5.74) is 14.2. The number of aryl methyl sites for hydroxylation is 1. The molecule has 2 unspecified atom stereocenters. The third kappa shape index (κ3) is 3.33. The van der Waals surface area contributed by atoms with Crippen LogP contribution in [0.5, 0.6) is 0 Å². The normalized spacial score (nSPS) is 24.4. The standard InChI is InChI=1S/C15H23N3O/c1-10-7-12(15(17)19)3-4-13(10)9-18-6-5-14(16)8-11(18)2/h3-4,7,11,14H,5-6,8-9,16H2,1-2H3,(H2,17,19). The Balaban J connectivity index is 2.09. The first-order chi connectivity index (χ1) is 8.97. The van der Waals surface area contributed by atoms with Crippen molar-refractivity contribution in [3.63, 3.8) is 0 Å². The molecule has 4 N–H and O–H groups in total. The van der Waals surface area contributed by atoms with Crippen LogP contribution in [0.4, 0.5) is 0 Å². The molecule has 2 rings (SSSR count). The van der Waals surface area contributed by atoms with E-state index in [4.69, 9.17) is 11.5 Å². The van der Waals surface area contributed by atoms with Crippen LogP contribution in [0.1, 0.15) is 41.3 Å². The molecule has 2 atom stereocenters. The third-order valence-corrected chi connectivity index (χ3v) is 4.05. The number of benzene rings is 1. The van der Waals surface area contributed by atoms with Gasteiger partial charge >= 0.3 is 0 Å². The van der Waals surface area contributed by atoms with E-state index in [2.05, 4.69) is 11.8 Å². The average molecular weight is 261 g/mol. The van der Waals surface area contributed by atoms with Crippen molar-refractivity contribution in [3.8, 4) is 0 Å². The van der Waals surface area contributed by atoms with Crippen LogP contribution in [0.2, 0.25) is 0 Å². The van der Waals surface area contributed by atoms with Gasteiger partial charge in [-0.15, -0.1) is 0 Å². The molecule has 0 spiro atoms. The maximum Gasteiger partial charge on any atom is 0.248 e. The number of primary amides is 1. The van der Waals surface area contributed by atoms with E-state index in [1.807, 2.05) is 25.1 Å². The van der Waals surface area contributed by atoms with Gasteiger partial charge in [0.25, 0.3) is 0 Å². The van der Waals surface area contributed by atoms with Gasteiger partial charge in [0.05, 0.1) is 0 Å². The number of nitrogens with two attached hydrogens (primary N) is 2. The number of likely N-dealkylation sites (tertiary alicyclic amines) is 1. The van der Waals surface area contributed by atoms with Gasteiger partial charge in [-0.05, 0) is 49.9 Å². The SMILES string of the molecule is Cc1cc(C(N)=O)ccc1CN1CCC(N)CC1C. The Labute approximate surface area is 114 Å². The smallest absolute Gasteiger partial charge is 0.248 e. The highest BCUT2D eigenvalue weighted by molar-refractivity contribution is 5.93. The lowest BCUT2D eigenvalue weighted by Gasteiger charge is -2.36. The minimum Gasteiger partial charge on any atom is -0.366 e. The maximum absolute atomic E-state index is 11.1. The number of hydrogen-bond donors (Lipinski definition) is 2. The van der Waals surface area contributed by atoms with Crippen LogP contribution in [0, 0.1) is 6.92 Å². The molecular weight excluding hydrogens is 238 g/mol. The Kier molecular flexibility index (Phi) is 4.22. The summed E-state index contributed by atoms with van der Waals surface area (Å²) >= 11 is 0. The Morgan fingerprint density at radius 3 is 2.79 bits per heavy atom. The fourth-order valence-electron chi connectivity index (χ4n) is 2.74. The van der Waals surface area contributed by atoms with E-state index in [1.165, 1.54) is 5.56 Å². The van der Waals surface area contributed by atoms with E-state index in [-0.39, 0.29) is 5.91 Å². The monoisotopic (exact) mass is 261 g/mol. The van der Waals surface area contributed by atoms with Gasteiger partial charge in [0.1, 0.15) is 0 Å². The number of carbonyl (C=O) groups excluding carboxylic acids is 1. The molecule has 0 saturated carbocycles. The highest BCUT2D eigenvalue weighted by atomic mass is 16.1. The van der Waals surface area contributed by atoms with Gasteiger partial charge in [-0.1, -0.05) is 6.07 Å². The van der Waals surface area contributed by atoms with Gasteiger partial charge in [-0.2, -0.15) is 0 Å². The van der Waals surface area contributed by atoms with Gasteiger partial charge < -0.3 is 11.5 Å². The molecule has 1 aliphatic heterocycles. The average Bonchev–Trinajstić information content (AvgIpc) is 2.34. The number of amides is 1. The van der Waals surface area contributed by atoms with Crippen molar-refractivity contribution < 1.29 is 4.79 Å². The molecule has 104 valence electrons. The Morgan fingerprint density at radius 2 is 2.21 bits per heavy atom. The predicted molar refractivity (Wildman–Crippen MR) is 76.8 cm³/mol. The molecule has 0 radical (unpaired) electrons.